The van der Waals surface area contributed by atoms with Crippen LogP contribution >= 0.6 is 11.6 Å². The minimum Gasteiger partial charge on any atom is -0.263 e. The van der Waals surface area contributed by atoms with E-state index in [0.29, 0.717) is 6.07 Å². The third-order valence-corrected chi connectivity index (χ3v) is 3.90. The predicted molar refractivity (Wildman–Crippen MR) is 69.3 cm³/mol. The molecule has 0 atom stereocenters. The maximum absolute atomic E-state index is 12.6. The standard InChI is InChI=1S/C11H7ClF3N3O2S/c12-9-5-10(17-6-16-9)18-21(19,20)8-3-1-2-7(4-8)11(13,14)15/h1-6H,(H,16,17,18). The Morgan fingerprint density at radius 3 is 2.48 bits per heavy atom. The van der Waals surface area contributed by atoms with Gasteiger partial charge in [-0.3, -0.25) is 4.72 Å². The van der Waals surface area contributed by atoms with Gasteiger partial charge >= 0.3 is 6.18 Å². The molecule has 0 aliphatic carbocycles. The molecular weight excluding hydrogens is 331 g/mol. The lowest BCUT2D eigenvalue weighted by Crippen LogP contribution is -2.15. The van der Waals surface area contributed by atoms with Crippen LogP contribution in [0.3, 0.4) is 0 Å². The molecule has 1 aromatic carbocycles. The Morgan fingerprint density at radius 1 is 1.14 bits per heavy atom. The largest absolute Gasteiger partial charge is 0.416 e. The molecule has 0 saturated heterocycles. The van der Waals surface area contributed by atoms with Crippen LogP contribution in [-0.4, -0.2) is 18.4 Å². The second kappa shape index (κ2) is 5.49. The van der Waals surface area contributed by atoms with E-state index in [4.69, 9.17) is 11.6 Å². The number of alkyl halides is 3. The lowest BCUT2D eigenvalue weighted by atomic mass is 10.2. The van der Waals surface area contributed by atoms with Gasteiger partial charge in [-0.2, -0.15) is 13.2 Å². The normalized spacial score (nSPS) is 12.2. The van der Waals surface area contributed by atoms with E-state index in [9.17, 15) is 21.6 Å². The molecule has 2 aromatic rings. The lowest BCUT2D eigenvalue weighted by Gasteiger charge is -2.10. The number of nitrogens with zero attached hydrogens (tertiary/aromatic N) is 2. The zero-order valence-electron chi connectivity index (χ0n) is 10.1. The maximum Gasteiger partial charge on any atom is 0.416 e. The predicted octanol–water partition coefficient (Wildman–Crippen LogP) is 2.95. The van der Waals surface area contributed by atoms with Gasteiger partial charge in [0.1, 0.15) is 17.3 Å². The van der Waals surface area contributed by atoms with E-state index in [2.05, 4.69) is 9.97 Å². The van der Waals surface area contributed by atoms with Gasteiger partial charge in [-0.25, -0.2) is 18.4 Å². The van der Waals surface area contributed by atoms with Gasteiger partial charge in [0, 0.05) is 6.07 Å². The fourth-order valence-electron chi connectivity index (χ4n) is 1.43. The molecule has 0 aliphatic rings. The van der Waals surface area contributed by atoms with Crippen molar-refractivity contribution in [2.45, 2.75) is 11.1 Å². The van der Waals surface area contributed by atoms with Gasteiger partial charge in [0.25, 0.3) is 10.0 Å². The van der Waals surface area contributed by atoms with Gasteiger partial charge in [0.2, 0.25) is 0 Å². The third kappa shape index (κ3) is 3.82. The third-order valence-electron chi connectivity index (χ3n) is 2.34. The van der Waals surface area contributed by atoms with Gasteiger partial charge in [0.15, 0.2) is 0 Å². The Bertz CT molecular complexity index is 765. The quantitative estimate of drug-likeness (QED) is 0.874. The van der Waals surface area contributed by atoms with Crippen LogP contribution < -0.4 is 4.72 Å². The van der Waals surface area contributed by atoms with Gasteiger partial charge in [-0.1, -0.05) is 17.7 Å². The molecule has 1 aromatic heterocycles. The molecule has 0 bridgehead atoms. The molecule has 0 fully saturated rings. The monoisotopic (exact) mass is 337 g/mol. The number of sulfonamides is 1. The molecule has 0 amide bonds. The molecule has 1 N–H and O–H groups in total. The summed E-state index contributed by atoms with van der Waals surface area (Å²) in [6, 6.07) is 4.49. The highest BCUT2D eigenvalue weighted by molar-refractivity contribution is 7.92. The first kappa shape index (κ1) is 15.5. The second-order valence-electron chi connectivity index (χ2n) is 3.86. The van der Waals surface area contributed by atoms with Crippen molar-refractivity contribution in [3.05, 3.63) is 47.4 Å². The number of hydrogen-bond donors (Lipinski definition) is 1. The van der Waals surface area contributed by atoms with E-state index >= 15 is 0 Å². The molecule has 2 rings (SSSR count). The number of nitrogens with one attached hydrogen (secondary N) is 1. The number of benzene rings is 1. The molecule has 0 radical (unpaired) electrons. The molecule has 1 heterocycles. The Morgan fingerprint density at radius 2 is 1.86 bits per heavy atom. The molecule has 0 aliphatic heterocycles. The summed E-state index contributed by atoms with van der Waals surface area (Å²) in [7, 11) is -4.21. The molecule has 21 heavy (non-hydrogen) atoms. The number of aromatic nitrogens is 2. The van der Waals surface area contributed by atoms with Crippen molar-refractivity contribution in [3.8, 4) is 0 Å². The summed E-state index contributed by atoms with van der Waals surface area (Å²) < 4.78 is 63.8. The molecule has 0 unspecified atom stereocenters. The maximum atomic E-state index is 12.6. The highest BCUT2D eigenvalue weighted by atomic mass is 35.5. The minimum absolute atomic E-state index is 0.00765. The van der Waals surface area contributed by atoms with Crippen molar-refractivity contribution in [2.75, 3.05) is 4.72 Å². The summed E-state index contributed by atoms with van der Waals surface area (Å²) in [5, 5.41) is -0.00765. The number of anilines is 1. The number of rotatable bonds is 3. The average Bonchev–Trinajstić information content (AvgIpc) is 2.37. The van der Waals surface area contributed by atoms with Gasteiger partial charge < -0.3 is 0 Å². The molecule has 0 saturated carbocycles. The first-order valence-electron chi connectivity index (χ1n) is 5.36. The molecular formula is C11H7ClF3N3O2S. The average molecular weight is 338 g/mol. The highest BCUT2D eigenvalue weighted by Gasteiger charge is 2.31. The summed E-state index contributed by atoms with van der Waals surface area (Å²) in [6.45, 7) is 0. The van der Waals surface area contributed by atoms with E-state index in [1.54, 1.807) is 0 Å². The SMILES string of the molecule is O=S(=O)(Nc1cc(Cl)ncn1)c1cccc(C(F)(F)F)c1. The van der Waals surface area contributed by atoms with Crippen LogP contribution in [0.15, 0.2) is 41.6 Å². The van der Waals surface area contributed by atoms with Gasteiger partial charge in [-0.05, 0) is 18.2 Å². The topological polar surface area (TPSA) is 72.0 Å². The zero-order valence-corrected chi connectivity index (χ0v) is 11.7. The Labute approximate surface area is 122 Å². The smallest absolute Gasteiger partial charge is 0.263 e. The van der Waals surface area contributed by atoms with Crippen molar-refractivity contribution in [3.63, 3.8) is 0 Å². The van der Waals surface area contributed by atoms with Crippen molar-refractivity contribution < 1.29 is 21.6 Å². The second-order valence-corrected chi connectivity index (χ2v) is 5.93. The van der Waals surface area contributed by atoms with Gasteiger partial charge in [-0.15, -0.1) is 0 Å². The minimum atomic E-state index is -4.64. The van der Waals surface area contributed by atoms with Crippen LogP contribution in [0.5, 0.6) is 0 Å². The summed E-state index contributed by atoms with van der Waals surface area (Å²) in [5.41, 5.74) is -1.06. The molecule has 10 heteroatoms. The van der Waals surface area contributed by atoms with Crippen LogP contribution in [-0.2, 0) is 16.2 Å². The van der Waals surface area contributed by atoms with Crippen molar-refractivity contribution >= 4 is 27.4 Å². The van der Waals surface area contributed by atoms with E-state index in [1.807, 2.05) is 4.72 Å². The fraction of sp³-hybridized carbons (Fsp3) is 0.0909. The van der Waals surface area contributed by atoms with Crippen LogP contribution in [0.25, 0.3) is 0 Å². The van der Waals surface area contributed by atoms with E-state index in [1.165, 1.54) is 0 Å². The van der Waals surface area contributed by atoms with E-state index < -0.39 is 26.7 Å². The van der Waals surface area contributed by atoms with Crippen LogP contribution in [0, 0.1) is 0 Å². The molecule has 112 valence electrons. The van der Waals surface area contributed by atoms with Crippen molar-refractivity contribution in [2.24, 2.45) is 0 Å². The Balaban J connectivity index is 2.36. The summed E-state index contributed by atoms with van der Waals surface area (Å²) in [4.78, 5) is 6.64. The number of halogens is 4. The molecule has 5 nitrogen and oxygen atoms in total. The first-order valence-corrected chi connectivity index (χ1v) is 7.22. The fourth-order valence-corrected chi connectivity index (χ4v) is 2.62. The van der Waals surface area contributed by atoms with Crippen LogP contribution in [0.4, 0.5) is 19.0 Å². The summed E-state index contributed by atoms with van der Waals surface area (Å²) in [6.07, 6.45) is -3.62. The van der Waals surface area contributed by atoms with Crippen molar-refractivity contribution in [1.82, 2.24) is 9.97 Å². The zero-order chi connectivity index (χ0) is 15.7. The van der Waals surface area contributed by atoms with E-state index in [-0.39, 0.29) is 11.0 Å². The van der Waals surface area contributed by atoms with Crippen molar-refractivity contribution in [1.29, 1.82) is 0 Å². The molecule has 0 spiro atoms. The highest BCUT2D eigenvalue weighted by Crippen LogP contribution is 2.30. The Hall–Kier alpha value is -1.87. The lowest BCUT2D eigenvalue weighted by molar-refractivity contribution is -0.137. The van der Waals surface area contributed by atoms with Crippen LogP contribution in [0.1, 0.15) is 5.56 Å². The van der Waals surface area contributed by atoms with Crippen LogP contribution in [0.2, 0.25) is 5.15 Å². The Kier molecular flexibility index (Phi) is 4.06. The number of hydrogen-bond acceptors (Lipinski definition) is 4. The van der Waals surface area contributed by atoms with E-state index in [0.717, 1.165) is 30.6 Å². The summed E-state index contributed by atoms with van der Waals surface area (Å²) >= 11 is 5.57. The van der Waals surface area contributed by atoms with Gasteiger partial charge in [0.05, 0.1) is 10.5 Å². The summed E-state index contributed by atoms with van der Waals surface area (Å²) in [5.74, 6) is -0.146. The first-order chi connectivity index (χ1) is 9.68.